The van der Waals surface area contributed by atoms with E-state index < -0.39 is 0 Å². The topological polar surface area (TPSA) is 72.7 Å². The number of benzene rings is 1. The van der Waals surface area contributed by atoms with Gasteiger partial charge in [0.2, 0.25) is 0 Å². The third-order valence-corrected chi connectivity index (χ3v) is 3.71. The van der Waals surface area contributed by atoms with E-state index in [0.717, 1.165) is 11.2 Å². The Kier molecular flexibility index (Phi) is 5.02. The Morgan fingerprint density at radius 1 is 1.24 bits per heavy atom. The van der Waals surface area contributed by atoms with E-state index in [4.69, 9.17) is 0 Å². The van der Waals surface area contributed by atoms with E-state index in [1.807, 2.05) is 11.6 Å². The zero-order valence-corrected chi connectivity index (χ0v) is 14.3. The van der Waals surface area contributed by atoms with Crippen molar-refractivity contribution in [3.8, 4) is 0 Å². The van der Waals surface area contributed by atoms with Crippen molar-refractivity contribution in [3.05, 3.63) is 53.6 Å². The number of imidazole rings is 1. The molecule has 0 radical (unpaired) electrons. The van der Waals surface area contributed by atoms with Crippen LogP contribution in [0.2, 0.25) is 0 Å². The lowest BCUT2D eigenvalue weighted by atomic mass is 10.3. The molecule has 25 heavy (non-hydrogen) atoms. The summed E-state index contributed by atoms with van der Waals surface area (Å²) >= 11 is 0. The van der Waals surface area contributed by atoms with Gasteiger partial charge >= 0.3 is 0 Å². The highest BCUT2D eigenvalue weighted by molar-refractivity contribution is 5.91. The summed E-state index contributed by atoms with van der Waals surface area (Å²) in [5, 5.41) is 2.73. The lowest BCUT2D eigenvalue weighted by Crippen LogP contribution is -2.25. The second-order valence-corrected chi connectivity index (χ2v) is 6.01. The average Bonchev–Trinajstić information content (AvgIpc) is 3.44. The smallest absolute Gasteiger partial charge is 0.271 e. The minimum Gasteiger partial charge on any atom is -0.343 e. The molecule has 2 aromatic heterocycles. The lowest BCUT2D eigenvalue weighted by molar-refractivity contribution is 0.0944. The second kappa shape index (κ2) is 7.38. The predicted octanol–water partition coefficient (Wildman–Crippen LogP) is 2.91. The number of fused-ring (bicyclic) bond motifs is 1. The van der Waals surface area contributed by atoms with Crippen LogP contribution in [0.5, 0.6) is 0 Å². The van der Waals surface area contributed by atoms with Crippen molar-refractivity contribution in [2.24, 2.45) is 7.05 Å². The van der Waals surface area contributed by atoms with Crippen LogP contribution in [0.1, 0.15) is 41.3 Å². The molecule has 0 unspecified atom stereocenters. The standard InChI is InChI=1S/C15H14FN5O.C3H6/c1-9-6-18-12(7-17-9)15(22)19-8-14-20-11-5-10(16)3-4-13(11)21(14)2;1-2-3-1/h3-7H,8H2,1-2H3,(H,19,22);1-3H2. The predicted molar refractivity (Wildman–Crippen MR) is 92.5 cm³/mol. The van der Waals surface area contributed by atoms with Crippen molar-refractivity contribution >= 4 is 16.9 Å². The summed E-state index contributed by atoms with van der Waals surface area (Å²) in [4.78, 5) is 24.4. The Morgan fingerprint density at radius 2 is 2.00 bits per heavy atom. The molecule has 1 saturated carbocycles. The number of carbonyl (C=O) groups is 1. The second-order valence-electron chi connectivity index (χ2n) is 6.01. The Labute approximate surface area is 145 Å². The summed E-state index contributed by atoms with van der Waals surface area (Å²) in [6.07, 6.45) is 7.46. The number of amides is 1. The number of aryl methyl sites for hydroxylation is 2. The van der Waals surface area contributed by atoms with Gasteiger partial charge in [-0.05, 0) is 19.1 Å². The fraction of sp³-hybridized carbons (Fsp3) is 0.333. The largest absolute Gasteiger partial charge is 0.343 e. The van der Waals surface area contributed by atoms with E-state index >= 15 is 0 Å². The first kappa shape index (κ1) is 17.0. The first-order valence-electron chi connectivity index (χ1n) is 8.22. The van der Waals surface area contributed by atoms with Crippen LogP contribution < -0.4 is 5.32 Å². The van der Waals surface area contributed by atoms with Gasteiger partial charge in [-0.25, -0.2) is 14.4 Å². The van der Waals surface area contributed by atoms with Crippen LogP contribution in [0.3, 0.4) is 0 Å². The quantitative estimate of drug-likeness (QED) is 0.795. The summed E-state index contributed by atoms with van der Waals surface area (Å²) in [6, 6.07) is 4.41. The fourth-order valence-corrected chi connectivity index (χ4v) is 2.14. The molecule has 1 aromatic carbocycles. The molecule has 1 amide bonds. The van der Waals surface area contributed by atoms with Gasteiger partial charge in [-0.2, -0.15) is 0 Å². The van der Waals surface area contributed by atoms with Gasteiger partial charge in [0, 0.05) is 19.3 Å². The Balaban J connectivity index is 0.000000549. The molecule has 4 rings (SSSR count). The highest BCUT2D eigenvalue weighted by atomic mass is 19.1. The van der Waals surface area contributed by atoms with E-state index in [0.29, 0.717) is 11.3 Å². The minimum atomic E-state index is -0.337. The van der Waals surface area contributed by atoms with Crippen LogP contribution in [0.25, 0.3) is 11.0 Å². The average molecular weight is 341 g/mol. The van der Waals surface area contributed by atoms with Gasteiger partial charge in [-0.1, -0.05) is 19.3 Å². The number of nitrogens with zero attached hydrogens (tertiary/aromatic N) is 4. The van der Waals surface area contributed by atoms with Gasteiger partial charge < -0.3 is 9.88 Å². The zero-order chi connectivity index (χ0) is 17.8. The van der Waals surface area contributed by atoms with Crippen LogP contribution in [-0.2, 0) is 13.6 Å². The van der Waals surface area contributed by atoms with Crippen molar-refractivity contribution in [3.63, 3.8) is 0 Å². The van der Waals surface area contributed by atoms with Crippen LogP contribution in [0, 0.1) is 12.7 Å². The van der Waals surface area contributed by atoms with Gasteiger partial charge in [-0.15, -0.1) is 0 Å². The zero-order valence-electron chi connectivity index (χ0n) is 14.3. The van der Waals surface area contributed by atoms with Gasteiger partial charge in [0.05, 0.1) is 29.5 Å². The molecule has 2 heterocycles. The van der Waals surface area contributed by atoms with Crippen molar-refractivity contribution in [1.82, 2.24) is 24.8 Å². The highest BCUT2D eigenvalue weighted by Crippen LogP contribution is 2.16. The molecular weight excluding hydrogens is 321 g/mol. The maximum atomic E-state index is 13.2. The number of hydrogen-bond donors (Lipinski definition) is 1. The molecular formula is C18H20FN5O. The molecule has 3 aromatic rings. The molecule has 0 bridgehead atoms. The molecule has 0 atom stereocenters. The maximum absolute atomic E-state index is 13.2. The lowest BCUT2D eigenvalue weighted by Gasteiger charge is -2.05. The summed E-state index contributed by atoms with van der Waals surface area (Å²) < 4.78 is 15.0. The molecule has 1 aliphatic carbocycles. The molecule has 6 nitrogen and oxygen atoms in total. The molecule has 1 N–H and O–H groups in total. The number of nitrogens with one attached hydrogen (secondary N) is 1. The van der Waals surface area contributed by atoms with Gasteiger partial charge in [-0.3, -0.25) is 9.78 Å². The van der Waals surface area contributed by atoms with Crippen molar-refractivity contribution in [1.29, 1.82) is 0 Å². The third-order valence-electron chi connectivity index (χ3n) is 3.71. The molecule has 0 saturated heterocycles. The SMILES string of the molecule is C1CC1.Cc1cnc(C(=O)NCc2nc3cc(F)ccc3n2C)cn1. The van der Waals surface area contributed by atoms with E-state index in [1.54, 1.807) is 13.0 Å². The molecule has 7 heteroatoms. The first-order chi connectivity index (χ1) is 12.0. The summed E-state index contributed by atoms with van der Waals surface area (Å²) in [5.41, 5.74) is 2.35. The van der Waals surface area contributed by atoms with Crippen molar-refractivity contribution in [2.75, 3.05) is 0 Å². The normalized spacial score (nSPS) is 12.4. The van der Waals surface area contributed by atoms with E-state index in [2.05, 4.69) is 20.3 Å². The number of hydrogen-bond acceptors (Lipinski definition) is 4. The number of halogens is 1. The molecule has 1 fully saturated rings. The van der Waals surface area contributed by atoms with Crippen LogP contribution in [0.4, 0.5) is 4.39 Å². The van der Waals surface area contributed by atoms with E-state index in [-0.39, 0.29) is 24.0 Å². The van der Waals surface area contributed by atoms with Gasteiger partial charge in [0.1, 0.15) is 17.3 Å². The maximum Gasteiger partial charge on any atom is 0.271 e. The molecule has 0 aliphatic heterocycles. The summed E-state index contributed by atoms with van der Waals surface area (Å²) in [6.45, 7) is 2.02. The van der Waals surface area contributed by atoms with Crippen LogP contribution >= 0.6 is 0 Å². The van der Waals surface area contributed by atoms with E-state index in [1.165, 1.54) is 43.8 Å². The molecule has 0 spiro atoms. The third kappa shape index (κ3) is 4.37. The van der Waals surface area contributed by atoms with Gasteiger partial charge in [0.25, 0.3) is 5.91 Å². The highest BCUT2D eigenvalue weighted by Gasteiger charge is 2.11. The Hall–Kier alpha value is -2.83. The van der Waals surface area contributed by atoms with Crippen molar-refractivity contribution in [2.45, 2.75) is 32.7 Å². The van der Waals surface area contributed by atoms with Crippen LogP contribution in [-0.4, -0.2) is 25.4 Å². The number of carbonyl (C=O) groups excluding carboxylic acids is 1. The monoisotopic (exact) mass is 341 g/mol. The molecule has 1 aliphatic rings. The minimum absolute atomic E-state index is 0.223. The number of aromatic nitrogens is 4. The van der Waals surface area contributed by atoms with E-state index in [9.17, 15) is 9.18 Å². The van der Waals surface area contributed by atoms with Gasteiger partial charge in [0.15, 0.2) is 0 Å². The Bertz CT molecular complexity index is 884. The summed E-state index contributed by atoms with van der Waals surface area (Å²) in [7, 11) is 1.82. The number of rotatable bonds is 3. The van der Waals surface area contributed by atoms with Crippen LogP contribution in [0.15, 0.2) is 30.6 Å². The fourth-order valence-electron chi connectivity index (χ4n) is 2.14. The molecule has 130 valence electrons. The Morgan fingerprint density at radius 3 is 2.64 bits per heavy atom. The first-order valence-corrected chi connectivity index (χ1v) is 8.22. The van der Waals surface area contributed by atoms with Crippen molar-refractivity contribution < 1.29 is 9.18 Å². The summed E-state index contributed by atoms with van der Waals surface area (Å²) in [5.74, 6) is -0.0316.